The molecule has 3 aliphatic rings. The molecule has 7 atom stereocenters. The molecule has 0 heterocycles. The molecule has 0 aromatic rings. The maximum Gasteiger partial charge on any atom is 0.305 e. The summed E-state index contributed by atoms with van der Waals surface area (Å²) < 4.78 is 49.8. The Kier molecular flexibility index (Phi) is 13.3. The largest absolute Gasteiger partial charge is 0.469 e. The number of esters is 1. The summed E-state index contributed by atoms with van der Waals surface area (Å²) in [6.07, 6.45) is 7.58. The molecule has 47 heavy (non-hydrogen) atoms. The van der Waals surface area contributed by atoms with E-state index in [9.17, 15) is 18.0 Å². The number of ketones is 1. The van der Waals surface area contributed by atoms with Gasteiger partial charge in [0.1, 0.15) is 11.9 Å². The second-order valence-electron chi connectivity index (χ2n) is 17.5. The van der Waals surface area contributed by atoms with E-state index >= 15 is 0 Å². The van der Waals surface area contributed by atoms with Crippen LogP contribution in [0.25, 0.3) is 0 Å². The minimum Gasteiger partial charge on any atom is -0.469 e. The van der Waals surface area contributed by atoms with E-state index in [0.717, 1.165) is 19.1 Å². The van der Waals surface area contributed by atoms with Gasteiger partial charge < -0.3 is 13.6 Å². The maximum atomic E-state index is 13.6. The minimum absolute atomic E-state index is 0.0143. The Bertz CT molecular complexity index is 1260. The quantitative estimate of drug-likeness (QED) is 0.0871. The minimum atomic E-state index is -3.83. The first-order chi connectivity index (χ1) is 21.5. The molecular formula is C36H64O8SSi2. The van der Waals surface area contributed by atoms with Crippen molar-refractivity contribution in [1.29, 1.82) is 0 Å². The van der Waals surface area contributed by atoms with Crippen LogP contribution in [0.15, 0.2) is 0 Å². The molecular weight excluding hydrogens is 649 g/mol. The highest BCUT2D eigenvalue weighted by atomic mass is 32.2. The first-order valence-electron chi connectivity index (χ1n) is 17.8. The highest BCUT2D eigenvalue weighted by molar-refractivity contribution is 7.86. The molecule has 0 aromatic heterocycles. The molecule has 3 fully saturated rings. The number of fused-ring (bicyclic) bond motifs is 1. The monoisotopic (exact) mass is 712 g/mol. The van der Waals surface area contributed by atoms with Gasteiger partial charge in [-0.2, -0.15) is 8.42 Å². The van der Waals surface area contributed by atoms with Gasteiger partial charge in [0.25, 0.3) is 10.1 Å². The number of ether oxygens (including phenoxy) is 1. The van der Waals surface area contributed by atoms with E-state index in [1.165, 1.54) is 26.4 Å². The van der Waals surface area contributed by atoms with Gasteiger partial charge in [-0.3, -0.25) is 13.8 Å². The number of methoxy groups -OCH3 is 1. The van der Waals surface area contributed by atoms with E-state index in [1.807, 2.05) is 0 Å². The normalized spacial score (nSPS) is 28.3. The smallest absolute Gasteiger partial charge is 0.305 e. The van der Waals surface area contributed by atoms with E-state index < -0.39 is 38.8 Å². The summed E-state index contributed by atoms with van der Waals surface area (Å²) >= 11 is 0. The van der Waals surface area contributed by atoms with Crippen LogP contribution in [0.3, 0.4) is 0 Å². The standard InChI is InChI=1S/C36H64O8SSi2/c1-35(2,3)46(9,10)43-31(25-17-14-13-15-18-25)22-21-26-27-23-29(30(37)19-16-20-33(38)41-7)34(42-45(8,39)40)28(27)24-32(26)44-47(11,12)36(4,5)6/h25-29,31-32,34H,13-20,23-24H2,1-12H3/t26-,27?,28?,29?,31-,32-,34+/m0/s1. The number of Topliss-reactive ketones (excluding diaryl/α,β-unsaturated/α-hetero) is 1. The summed E-state index contributed by atoms with van der Waals surface area (Å²) in [6, 6.07) is 0. The molecule has 0 aliphatic heterocycles. The molecule has 0 spiro atoms. The molecule has 11 heteroatoms. The Morgan fingerprint density at radius 2 is 1.47 bits per heavy atom. The van der Waals surface area contributed by atoms with Crippen molar-refractivity contribution < 1.29 is 35.8 Å². The molecule has 0 radical (unpaired) electrons. The molecule has 8 nitrogen and oxygen atoms in total. The third-order valence-corrected chi connectivity index (χ3v) is 21.5. The molecule has 0 bridgehead atoms. The average Bonchev–Trinajstić information content (AvgIpc) is 3.44. The van der Waals surface area contributed by atoms with Crippen LogP contribution in [-0.4, -0.2) is 68.5 Å². The van der Waals surface area contributed by atoms with Crippen LogP contribution in [0.4, 0.5) is 0 Å². The molecule has 3 saturated carbocycles. The molecule has 0 amide bonds. The Labute approximate surface area is 288 Å². The van der Waals surface area contributed by atoms with Gasteiger partial charge in [0.2, 0.25) is 0 Å². The Morgan fingerprint density at radius 1 is 0.872 bits per heavy atom. The van der Waals surface area contributed by atoms with Crippen LogP contribution in [-0.2, 0) is 37.5 Å². The predicted molar refractivity (Wildman–Crippen MR) is 192 cm³/mol. The van der Waals surface area contributed by atoms with Gasteiger partial charge in [-0.05, 0) is 86.1 Å². The fourth-order valence-corrected chi connectivity index (χ4v) is 10.4. The summed E-state index contributed by atoms with van der Waals surface area (Å²) in [6.45, 7) is 22.5. The third-order valence-electron chi connectivity index (χ3n) is 11.9. The summed E-state index contributed by atoms with van der Waals surface area (Å²) in [5.74, 6) is 6.41. The van der Waals surface area contributed by atoms with Crippen molar-refractivity contribution in [3.8, 4) is 11.8 Å². The lowest BCUT2D eigenvalue weighted by Crippen LogP contribution is -2.46. The van der Waals surface area contributed by atoms with Crippen molar-refractivity contribution >= 4 is 38.5 Å². The summed E-state index contributed by atoms with van der Waals surface area (Å²) in [5.41, 5.74) is 0. The van der Waals surface area contributed by atoms with Crippen LogP contribution in [0.5, 0.6) is 0 Å². The molecule has 0 N–H and O–H groups in total. The Hall–Kier alpha value is -1.04. The summed E-state index contributed by atoms with van der Waals surface area (Å²) in [7, 11) is -6.82. The van der Waals surface area contributed by atoms with Crippen LogP contribution >= 0.6 is 0 Å². The molecule has 3 rings (SSSR count). The van der Waals surface area contributed by atoms with E-state index in [-0.39, 0.29) is 64.6 Å². The Morgan fingerprint density at radius 3 is 2.00 bits per heavy atom. The number of carbonyl (C=O) groups is 2. The van der Waals surface area contributed by atoms with Gasteiger partial charge >= 0.3 is 5.97 Å². The SMILES string of the molecule is COC(=O)CCCC(=O)C1CC2C(C[C@H](O[Si](C)(C)C(C)(C)C)[C@H]2C#C[C@H](O[Si](C)(C)C(C)(C)C)C2CCCCC2)[C@H]1OS(C)(=O)=O. The van der Waals surface area contributed by atoms with Crippen molar-refractivity contribution in [2.24, 2.45) is 29.6 Å². The van der Waals surface area contributed by atoms with Crippen molar-refractivity contribution in [1.82, 2.24) is 0 Å². The molecule has 0 saturated heterocycles. The summed E-state index contributed by atoms with van der Waals surface area (Å²) in [4.78, 5) is 25.3. The van der Waals surface area contributed by atoms with Gasteiger partial charge in [-0.1, -0.05) is 72.6 Å². The van der Waals surface area contributed by atoms with Crippen molar-refractivity contribution in [2.45, 2.75) is 160 Å². The van der Waals surface area contributed by atoms with Crippen molar-refractivity contribution in [3.05, 3.63) is 0 Å². The van der Waals surface area contributed by atoms with Crippen LogP contribution in [0, 0.1) is 41.4 Å². The zero-order chi connectivity index (χ0) is 35.6. The molecule has 0 aromatic carbocycles. The molecule has 270 valence electrons. The van der Waals surface area contributed by atoms with Gasteiger partial charge in [0, 0.05) is 24.7 Å². The Balaban J connectivity index is 2.03. The lowest BCUT2D eigenvalue weighted by molar-refractivity contribution is -0.140. The van der Waals surface area contributed by atoms with Crippen LogP contribution < -0.4 is 0 Å². The summed E-state index contributed by atoms with van der Waals surface area (Å²) in [5, 5.41) is 0.0384. The number of hydrogen-bond acceptors (Lipinski definition) is 8. The lowest BCUT2D eigenvalue weighted by Gasteiger charge is -2.41. The number of rotatable bonds is 12. The zero-order valence-electron chi connectivity index (χ0n) is 31.4. The fraction of sp³-hybridized carbons (Fsp3) is 0.889. The van der Waals surface area contributed by atoms with Crippen LogP contribution in [0.1, 0.15) is 106 Å². The number of carbonyl (C=O) groups excluding carboxylic acids is 2. The highest BCUT2D eigenvalue weighted by Crippen LogP contribution is 2.54. The van der Waals surface area contributed by atoms with E-state index in [0.29, 0.717) is 25.2 Å². The zero-order valence-corrected chi connectivity index (χ0v) is 34.2. The second-order valence-corrected chi connectivity index (χ2v) is 28.6. The van der Waals surface area contributed by atoms with Crippen LogP contribution in [0.2, 0.25) is 36.3 Å². The van der Waals surface area contributed by atoms with Crippen molar-refractivity contribution in [3.63, 3.8) is 0 Å². The van der Waals surface area contributed by atoms with E-state index in [4.69, 9.17) is 17.8 Å². The predicted octanol–water partition coefficient (Wildman–Crippen LogP) is 7.88. The average molecular weight is 713 g/mol. The van der Waals surface area contributed by atoms with Gasteiger partial charge in [0.05, 0.1) is 25.6 Å². The highest BCUT2D eigenvalue weighted by Gasteiger charge is 2.58. The van der Waals surface area contributed by atoms with E-state index in [1.54, 1.807) is 0 Å². The first kappa shape index (κ1) is 40.4. The van der Waals surface area contributed by atoms with Gasteiger partial charge in [0.15, 0.2) is 16.6 Å². The van der Waals surface area contributed by atoms with Gasteiger partial charge in [-0.15, -0.1) is 0 Å². The maximum absolute atomic E-state index is 13.6. The fourth-order valence-electron chi connectivity index (χ4n) is 7.14. The first-order valence-corrected chi connectivity index (χ1v) is 25.4. The van der Waals surface area contributed by atoms with E-state index in [2.05, 4.69) is 79.6 Å². The third kappa shape index (κ3) is 10.5. The van der Waals surface area contributed by atoms with Crippen molar-refractivity contribution in [2.75, 3.05) is 13.4 Å². The lowest BCUT2D eigenvalue weighted by atomic mass is 9.84. The second kappa shape index (κ2) is 15.5. The molecule has 3 aliphatic carbocycles. The topological polar surface area (TPSA) is 105 Å². The van der Waals surface area contributed by atoms with Gasteiger partial charge in [-0.25, -0.2) is 0 Å². The number of hydrogen-bond donors (Lipinski definition) is 0. The molecule has 3 unspecified atom stereocenters.